The molecule has 1 aliphatic carbocycles. The van der Waals surface area contributed by atoms with Crippen LogP contribution in [0.15, 0.2) is 78.3 Å². The van der Waals surface area contributed by atoms with E-state index < -0.39 is 11.7 Å². The lowest BCUT2D eigenvalue weighted by Crippen LogP contribution is -2.36. The van der Waals surface area contributed by atoms with Gasteiger partial charge in [0.2, 0.25) is 0 Å². The first-order valence-corrected chi connectivity index (χ1v) is 14.8. The number of halogens is 3. The van der Waals surface area contributed by atoms with Crippen molar-refractivity contribution < 1.29 is 13.2 Å². The first kappa shape index (κ1) is 27.8. The molecule has 9 heteroatoms. The zero-order valence-electron chi connectivity index (χ0n) is 24.1. The molecule has 4 aliphatic rings. The predicted molar refractivity (Wildman–Crippen MR) is 154 cm³/mol. The second kappa shape index (κ2) is 10.8. The summed E-state index contributed by atoms with van der Waals surface area (Å²) in [5.74, 6) is 3.20. The minimum absolute atomic E-state index is 0.0698. The highest BCUT2D eigenvalue weighted by molar-refractivity contribution is 5.64. The Morgan fingerprint density at radius 2 is 1.95 bits per heavy atom. The third kappa shape index (κ3) is 5.36. The SMILES string of the molecule is C=C1N2C=C(CN3CCC[C@H](C)C3)C=C(C(F)(F)F)C2=CN1c1cccc(C(c2nncn2C)C2CC(CC)C2)c1. The maximum atomic E-state index is 14.4. The summed E-state index contributed by atoms with van der Waals surface area (Å²) in [7, 11) is 1.96. The second-order valence-electron chi connectivity index (χ2n) is 12.3. The summed E-state index contributed by atoms with van der Waals surface area (Å²) in [4.78, 5) is 5.65. The van der Waals surface area contributed by atoms with E-state index in [-0.39, 0.29) is 11.6 Å². The molecule has 218 valence electrons. The molecule has 6 rings (SSSR count). The van der Waals surface area contributed by atoms with Crippen LogP contribution in [-0.2, 0) is 7.05 Å². The average Bonchev–Trinajstić information content (AvgIpc) is 3.47. The standard InChI is InChI=1S/C32H39F3N6/c1-5-23-12-26(13-23)30(31-37-36-20-38(31)4)25-9-6-10-27(15-25)40-19-29-28(32(33,34)35)14-24(18-41(29)22(40)3)17-39-11-7-8-21(2)16-39/h6,9-10,14-15,18-21,23,26,30H,3,5,7-8,11-13,16-17H2,1-2,4H3/t21-,23?,26?,30?/m0/s1. The normalized spacial score (nSPS) is 25.9. The van der Waals surface area contributed by atoms with Gasteiger partial charge < -0.3 is 14.4 Å². The van der Waals surface area contributed by atoms with Gasteiger partial charge in [-0.25, -0.2) is 0 Å². The smallest absolute Gasteiger partial charge is 0.320 e. The van der Waals surface area contributed by atoms with Gasteiger partial charge in [-0.05, 0) is 79.3 Å². The van der Waals surface area contributed by atoms with Crippen LogP contribution in [0.1, 0.15) is 63.3 Å². The summed E-state index contributed by atoms with van der Waals surface area (Å²) < 4.78 is 45.1. The lowest BCUT2D eigenvalue weighted by Gasteiger charge is -2.40. The lowest BCUT2D eigenvalue weighted by atomic mass is 9.65. The van der Waals surface area contributed by atoms with Crippen LogP contribution in [0.2, 0.25) is 0 Å². The summed E-state index contributed by atoms with van der Waals surface area (Å²) in [5.41, 5.74) is 2.01. The van der Waals surface area contributed by atoms with E-state index in [1.807, 2.05) is 29.9 Å². The fraction of sp³-hybridized carbons (Fsp3) is 0.500. The molecule has 0 amide bonds. The van der Waals surface area contributed by atoms with E-state index >= 15 is 0 Å². The highest BCUT2D eigenvalue weighted by Crippen LogP contribution is 2.48. The van der Waals surface area contributed by atoms with E-state index in [0.717, 1.165) is 55.3 Å². The number of benzene rings is 1. The summed E-state index contributed by atoms with van der Waals surface area (Å²) in [5, 5.41) is 8.61. The van der Waals surface area contributed by atoms with E-state index in [4.69, 9.17) is 0 Å². The molecule has 1 saturated heterocycles. The van der Waals surface area contributed by atoms with Crippen molar-refractivity contribution in [3.63, 3.8) is 0 Å². The van der Waals surface area contributed by atoms with Gasteiger partial charge in [-0.1, -0.05) is 39.0 Å². The molecular formula is C32H39F3N6. The van der Waals surface area contributed by atoms with E-state index in [1.165, 1.54) is 18.9 Å². The molecule has 0 spiro atoms. The monoisotopic (exact) mass is 564 g/mol. The third-order valence-corrected chi connectivity index (χ3v) is 9.27. The highest BCUT2D eigenvalue weighted by atomic mass is 19.4. The number of fused-ring (bicyclic) bond motifs is 1. The van der Waals surface area contributed by atoms with Gasteiger partial charge in [-0.2, -0.15) is 13.2 Å². The molecule has 0 bridgehead atoms. The van der Waals surface area contributed by atoms with E-state index in [0.29, 0.717) is 29.8 Å². The second-order valence-corrected chi connectivity index (χ2v) is 12.3. The highest BCUT2D eigenvalue weighted by Gasteiger charge is 2.44. The Labute approximate surface area is 240 Å². The molecule has 1 saturated carbocycles. The van der Waals surface area contributed by atoms with Gasteiger partial charge in [-0.15, -0.1) is 10.2 Å². The van der Waals surface area contributed by atoms with Gasteiger partial charge in [0.1, 0.15) is 18.0 Å². The molecule has 2 aromatic rings. The van der Waals surface area contributed by atoms with Crippen molar-refractivity contribution in [1.82, 2.24) is 24.6 Å². The molecule has 41 heavy (non-hydrogen) atoms. The Balaban J connectivity index is 1.31. The van der Waals surface area contributed by atoms with Crippen molar-refractivity contribution in [2.75, 3.05) is 24.5 Å². The van der Waals surface area contributed by atoms with Crippen LogP contribution in [0, 0.1) is 17.8 Å². The molecule has 1 unspecified atom stereocenters. The molecule has 0 N–H and O–H groups in total. The number of nitrogens with zero attached hydrogens (tertiary/aromatic N) is 6. The number of hydrogen-bond acceptors (Lipinski definition) is 5. The number of hydrogen-bond donors (Lipinski definition) is 0. The zero-order valence-corrected chi connectivity index (χ0v) is 24.1. The van der Waals surface area contributed by atoms with Gasteiger partial charge in [0.25, 0.3) is 0 Å². The van der Waals surface area contributed by atoms with Gasteiger partial charge in [0, 0.05) is 44.1 Å². The minimum Gasteiger partial charge on any atom is -0.320 e. The number of aromatic nitrogens is 3. The number of anilines is 1. The molecule has 6 nitrogen and oxygen atoms in total. The largest absolute Gasteiger partial charge is 0.418 e. The van der Waals surface area contributed by atoms with Crippen LogP contribution in [0.25, 0.3) is 0 Å². The Bertz CT molecular complexity index is 1400. The van der Waals surface area contributed by atoms with Crippen LogP contribution < -0.4 is 4.90 Å². The van der Waals surface area contributed by atoms with Crippen molar-refractivity contribution in [2.45, 2.75) is 58.0 Å². The molecule has 4 heterocycles. The van der Waals surface area contributed by atoms with Crippen molar-refractivity contribution in [3.05, 3.63) is 89.7 Å². The molecule has 1 aromatic heterocycles. The topological polar surface area (TPSA) is 40.4 Å². The third-order valence-electron chi connectivity index (χ3n) is 9.27. The fourth-order valence-corrected chi connectivity index (χ4v) is 7.01. The van der Waals surface area contributed by atoms with Crippen LogP contribution in [0.4, 0.5) is 18.9 Å². The average molecular weight is 565 g/mol. The maximum Gasteiger partial charge on any atom is 0.418 e. The molecule has 0 radical (unpaired) electrons. The Hall–Kier alpha value is -3.33. The van der Waals surface area contributed by atoms with Crippen molar-refractivity contribution in [1.29, 1.82) is 0 Å². The summed E-state index contributed by atoms with van der Waals surface area (Å²) in [6.07, 6.45) is 7.65. The first-order valence-electron chi connectivity index (χ1n) is 14.8. The van der Waals surface area contributed by atoms with E-state index in [1.54, 1.807) is 22.3 Å². The Morgan fingerprint density at radius 1 is 1.15 bits per heavy atom. The molecule has 3 aliphatic heterocycles. The van der Waals surface area contributed by atoms with Crippen LogP contribution in [-0.4, -0.2) is 50.4 Å². The first-order chi connectivity index (χ1) is 19.6. The van der Waals surface area contributed by atoms with Gasteiger partial charge in [-0.3, -0.25) is 4.90 Å². The Kier molecular flexibility index (Phi) is 7.34. The quantitative estimate of drug-likeness (QED) is 0.365. The van der Waals surface area contributed by atoms with Gasteiger partial charge in [0.05, 0.1) is 11.3 Å². The fourth-order valence-electron chi connectivity index (χ4n) is 7.01. The Morgan fingerprint density at radius 3 is 2.63 bits per heavy atom. The van der Waals surface area contributed by atoms with Gasteiger partial charge >= 0.3 is 6.18 Å². The molecule has 1 aromatic carbocycles. The van der Waals surface area contributed by atoms with Crippen molar-refractivity contribution in [2.24, 2.45) is 24.8 Å². The maximum absolute atomic E-state index is 14.4. The van der Waals surface area contributed by atoms with Crippen LogP contribution in [0.5, 0.6) is 0 Å². The number of alkyl halides is 3. The number of aryl methyl sites for hydroxylation is 1. The van der Waals surface area contributed by atoms with E-state index in [2.05, 4.69) is 47.7 Å². The van der Waals surface area contributed by atoms with Crippen LogP contribution >= 0.6 is 0 Å². The number of likely N-dealkylation sites (tertiary alicyclic amines) is 1. The summed E-state index contributed by atoms with van der Waals surface area (Å²) in [6.45, 7) is 11.0. The van der Waals surface area contributed by atoms with Crippen molar-refractivity contribution in [3.8, 4) is 0 Å². The molecule has 2 fully saturated rings. The van der Waals surface area contributed by atoms with E-state index in [9.17, 15) is 13.2 Å². The number of piperidine rings is 1. The molecule has 2 atom stereocenters. The zero-order chi connectivity index (χ0) is 28.9. The summed E-state index contributed by atoms with van der Waals surface area (Å²) >= 11 is 0. The number of allylic oxidation sites excluding steroid dienone is 1. The molecular weight excluding hydrogens is 525 g/mol. The summed E-state index contributed by atoms with van der Waals surface area (Å²) in [6, 6.07) is 8.09. The van der Waals surface area contributed by atoms with Crippen molar-refractivity contribution >= 4 is 5.69 Å². The predicted octanol–water partition coefficient (Wildman–Crippen LogP) is 6.94. The minimum atomic E-state index is -4.48. The van der Waals surface area contributed by atoms with Gasteiger partial charge in [0.15, 0.2) is 0 Å². The lowest BCUT2D eigenvalue weighted by molar-refractivity contribution is -0.0909. The van der Waals surface area contributed by atoms with Crippen LogP contribution in [0.3, 0.4) is 0 Å². The number of rotatable bonds is 7.